The molecule has 2 heterocycles. The first-order valence-corrected chi connectivity index (χ1v) is 8.52. The van der Waals surface area contributed by atoms with Crippen LogP contribution in [0.1, 0.15) is 17.4 Å². The minimum atomic E-state index is -3.41. The molecule has 1 saturated heterocycles. The summed E-state index contributed by atoms with van der Waals surface area (Å²) in [6.45, 7) is 6.81. The van der Waals surface area contributed by atoms with Gasteiger partial charge in [-0.15, -0.1) is 11.3 Å². The van der Waals surface area contributed by atoms with Crippen molar-refractivity contribution in [3.05, 3.63) is 16.5 Å². The van der Waals surface area contributed by atoms with Gasteiger partial charge in [-0.2, -0.15) is 4.31 Å². The Morgan fingerprint density at radius 2 is 2.21 bits per heavy atom. The van der Waals surface area contributed by atoms with E-state index in [1.165, 1.54) is 15.6 Å². The summed E-state index contributed by atoms with van der Waals surface area (Å²) in [5, 5.41) is 0. The van der Waals surface area contributed by atoms with E-state index in [1.54, 1.807) is 6.07 Å². The molecule has 2 atom stereocenters. The maximum absolute atomic E-state index is 12.6. The monoisotopic (exact) mass is 304 g/mol. The molecule has 0 bridgehead atoms. The molecule has 1 aliphatic rings. The fraction of sp³-hybridized carbons (Fsp3) is 0.667. The van der Waals surface area contributed by atoms with Gasteiger partial charge in [0.25, 0.3) is 10.0 Å². The van der Waals surface area contributed by atoms with Crippen molar-refractivity contribution < 1.29 is 13.2 Å². The Bertz CT molecular complexity index is 532. The Balaban J connectivity index is 2.24. The van der Waals surface area contributed by atoms with E-state index in [-0.39, 0.29) is 12.1 Å². The highest BCUT2D eigenvalue weighted by atomic mass is 32.2. The normalized spacial score (nSPS) is 23.5. The molecule has 2 N–H and O–H groups in total. The van der Waals surface area contributed by atoms with Crippen molar-refractivity contribution in [2.24, 2.45) is 5.73 Å². The number of sulfonamides is 1. The van der Waals surface area contributed by atoms with Crippen LogP contribution < -0.4 is 5.73 Å². The summed E-state index contributed by atoms with van der Waals surface area (Å²) in [5.74, 6) is 0. The molecule has 1 aromatic rings. The van der Waals surface area contributed by atoms with Crippen LogP contribution >= 0.6 is 11.3 Å². The van der Waals surface area contributed by atoms with E-state index in [1.807, 2.05) is 20.8 Å². The lowest BCUT2D eigenvalue weighted by Crippen LogP contribution is -2.51. The summed E-state index contributed by atoms with van der Waals surface area (Å²) in [6, 6.07) is 1.57. The first kappa shape index (κ1) is 14.9. The molecule has 1 fully saturated rings. The minimum absolute atomic E-state index is 0.176. The molecule has 0 radical (unpaired) electrons. The first-order chi connectivity index (χ1) is 8.82. The first-order valence-electron chi connectivity index (χ1n) is 6.26. The summed E-state index contributed by atoms with van der Waals surface area (Å²) in [4.78, 5) is 1.04. The van der Waals surface area contributed by atoms with Gasteiger partial charge in [0.05, 0.1) is 12.7 Å². The van der Waals surface area contributed by atoms with Gasteiger partial charge in [-0.1, -0.05) is 0 Å². The van der Waals surface area contributed by atoms with Gasteiger partial charge in [0.1, 0.15) is 4.21 Å². The third kappa shape index (κ3) is 3.00. The van der Waals surface area contributed by atoms with Crippen LogP contribution in [0.3, 0.4) is 0 Å². The molecule has 0 amide bonds. The molecule has 1 aromatic heterocycles. The Morgan fingerprint density at radius 3 is 2.74 bits per heavy atom. The predicted molar refractivity (Wildman–Crippen MR) is 75.9 cm³/mol. The summed E-state index contributed by atoms with van der Waals surface area (Å²) < 4.78 is 32.5. The molecule has 2 rings (SSSR count). The summed E-state index contributed by atoms with van der Waals surface area (Å²) in [5.41, 5.74) is 6.81. The number of rotatable bonds is 3. The number of nitrogens with two attached hydrogens (primary N) is 1. The average Bonchev–Trinajstić information content (AvgIpc) is 2.70. The third-order valence-corrected chi connectivity index (χ3v) is 6.85. The topological polar surface area (TPSA) is 72.6 Å². The second-order valence-corrected chi connectivity index (χ2v) is 8.36. The molecular weight excluding hydrogens is 284 g/mol. The van der Waals surface area contributed by atoms with E-state index in [0.717, 1.165) is 10.4 Å². The van der Waals surface area contributed by atoms with Gasteiger partial charge in [0.2, 0.25) is 0 Å². The maximum atomic E-state index is 12.6. The van der Waals surface area contributed by atoms with Crippen molar-refractivity contribution in [1.82, 2.24) is 4.31 Å². The number of nitrogens with zero attached hydrogens (tertiary/aromatic N) is 1. The fourth-order valence-corrected chi connectivity index (χ4v) is 5.09. The zero-order chi connectivity index (χ0) is 14.2. The third-order valence-electron chi connectivity index (χ3n) is 3.38. The zero-order valence-corrected chi connectivity index (χ0v) is 13.1. The van der Waals surface area contributed by atoms with Crippen molar-refractivity contribution in [3.63, 3.8) is 0 Å². The largest absolute Gasteiger partial charge is 0.374 e. The quantitative estimate of drug-likeness (QED) is 0.907. The van der Waals surface area contributed by atoms with Crippen LogP contribution in [0.25, 0.3) is 0 Å². The molecule has 5 nitrogen and oxygen atoms in total. The Hall–Kier alpha value is -0.470. The van der Waals surface area contributed by atoms with E-state index in [4.69, 9.17) is 10.5 Å². The fourth-order valence-electron chi connectivity index (χ4n) is 1.98. The molecule has 108 valence electrons. The van der Waals surface area contributed by atoms with Gasteiger partial charge in [-0.25, -0.2) is 8.42 Å². The molecule has 1 aliphatic heterocycles. The lowest BCUT2D eigenvalue weighted by atomic mass is 10.2. The Morgan fingerprint density at radius 1 is 1.53 bits per heavy atom. The Kier molecular flexibility index (Phi) is 4.32. The lowest BCUT2D eigenvalue weighted by molar-refractivity contribution is -0.0119. The molecule has 7 heteroatoms. The summed E-state index contributed by atoms with van der Waals surface area (Å²) in [7, 11) is -3.41. The number of ether oxygens (including phenoxy) is 1. The van der Waals surface area contributed by atoms with Gasteiger partial charge < -0.3 is 10.5 Å². The van der Waals surface area contributed by atoms with Crippen molar-refractivity contribution in [1.29, 1.82) is 0 Å². The van der Waals surface area contributed by atoms with Crippen LogP contribution in [0.15, 0.2) is 10.3 Å². The van der Waals surface area contributed by atoms with E-state index in [2.05, 4.69) is 0 Å². The molecule has 0 spiro atoms. The van der Waals surface area contributed by atoms with Crippen LogP contribution in [0.5, 0.6) is 0 Å². The van der Waals surface area contributed by atoms with Crippen LogP contribution in [-0.4, -0.2) is 44.6 Å². The predicted octanol–water partition coefficient (Wildman–Crippen LogP) is 1.10. The van der Waals surface area contributed by atoms with Gasteiger partial charge in [-0.05, 0) is 32.4 Å². The van der Waals surface area contributed by atoms with E-state index in [9.17, 15) is 8.42 Å². The minimum Gasteiger partial charge on any atom is -0.374 e. The van der Waals surface area contributed by atoms with Crippen LogP contribution in [0.2, 0.25) is 0 Å². The van der Waals surface area contributed by atoms with Crippen LogP contribution in [0.4, 0.5) is 0 Å². The number of hydrogen-bond donors (Lipinski definition) is 1. The number of thiophene rings is 1. The van der Waals surface area contributed by atoms with Gasteiger partial charge >= 0.3 is 0 Å². The van der Waals surface area contributed by atoms with E-state index >= 15 is 0 Å². The standard InChI is InChI=1S/C12H20N2O3S2/c1-8-6-12(18-10(8)3)19(15,16)14-4-5-17-11(7-14)9(2)13/h6,9,11H,4-5,7,13H2,1-3H3/t9-,11+/m0/s1. The maximum Gasteiger partial charge on any atom is 0.252 e. The van der Waals surface area contributed by atoms with Gasteiger partial charge in [-0.3, -0.25) is 0 Å². The SMILES string of the molecule is Cc1cc(S(=O)(=O)N2CCO[C@@H]([C@H](C)N)C2)sc1C. The Labute approximate surface area is 118 Å². The number of hydrogen-bond acceptors (Lipinski definition) is 5. The van der Waals surface area contributed by atoms with Gasteiger partial charge in [0.15, 0.2) is 0 Å². The molecule has 19 heavy (non-hydrogen) atoms. The second kappa shape index (κ2) is 5.49. The van der Waals surface area contributed by atoms with Crippen molar-refractivity contribution in [3.8, 4) is 0 Å². The number of morpholine rings is 1. The van der Waals surface area contributed by atoms with Crippen LogP contribution in [-0.2, 0) is 14.8 Å². The molecule has 0 aromatic carbocycles. The second-order valence-electron chi connectivity index (χ2n) is 4.94. The highest BCUT2D eigenvalue weighted by Gasteiger charge is 2.33. The van der Waals surface area contributed by atoms with Crippen LogP contribution in [0, 0.1) is 13.8 Å². The highest BCUT2D eigenvalue weighted by Crippen LogP contribution is 2.28. The number of aryl methyl sites for hydroxylation is 2. The molecule has 0 aliphatic carbocycles. The average molecular weight is 304 g/mol. The molecular formula is C12H20N2O3S2. The van der Waals surface area contributed by atoms with Crippen molar-refractivity contribution >= 4 is 21.4 Å². The summed E-state index contributed by atoms with van der Waals surface area (Å²) in [6.07, 6.45) is -0.231. The van der Waals surface area contributed by atoms with Gasteiger partial charge in [0, 0.05) is 24.0 Å². The molecule has 0 unspecified atom stereocenters. The lowest BCUT2D eigenvalue weighted by Gasteiger charge is -2.33. The van der Waals surface area contributed by atoms with E-state index in [0.29, 0.717) is 23.9 Å². The highest BCUT2D eigenvalue weighted by molar-refractivity contribution is 7.91. The van der Waals surface area contributed by atoms with E-state index < -0.39 is 10.0 Å². The van der Waals surface area contributed by atoms with Crippen molar-refractivity contribution in [2.45, 2.75) is 37.1 Å². The summed E-state index contributed by atoms with van der Waals surface area (Å²) >= 11 is 1.32. The van der Waals surface area contributed by atoms with Crippen molar-refractivity contribution in [2.75, 3.05) is 19.7 Å². The smallest absolute Gasteiger partial charge is 0.252 e. The zero-order valence-electron chi connectivity index (χ0n) is 11.4. The molecule has 0 saturated carbocycles.